The summed E-state index contributed by atoms with van der Waals surface area (Å²) in [4.78, 5) is 20.6. The van der Waals surface area contributed by atoms with Crippen LogP contribution in [0.15, 0.2) is 18.3 Å². The molecule has 22 heavy (non-hydrogen) atoms. The van der Waals surface area contributed by atoms with Crippen molar-refractivity contribution in [3.05, 3.63) is 23.9 Å². The Morgan fingerprint density at radius 1 is 1.23 bits per heavy atom. The monoisotopic (exact) mass is 414 g/mol. The Morgan fingerprint density at radius 2 is 1.95 bits per heavy atom. The van der Waals surface area contributed by atoms with Crippen LogP contribution < -0.4 is 10.2 Å². The Labute approximate surface area is 145 Å². The lowest BCUT2D eigenvalue weighted by Gasteiger charge is -2.37. The van der Waals surface area contributed by atoms with Gasteiger partial charge >= 0.3 is 0 Å². The Morgan fingerprint density at radius 3 is 2.55 bits per heavy atom. The fourth-order valence-electron chi connectivity index (χ4n) is 3.28. The molecule has 1 aromatic heterocycles. The second-order valence-corrected chi connectivity index (χ2v) is 7.14. The molecular weight excluding hydrogens is 391 g/mol. The van der Waals surface area contributed by atoms with E-state index in [2.05, 4.69) is 20.1 Å². The molecule has 0 aromatic carbocycles. The molecule has 0 radical (unpaired) electrons. The first-order chi connectivity index (χ1) is 10.7. The third-order valence-electron chi connectivity index (χ3n) is 4.65. The molecule has 0 unspecified atom stereocenters. The summed E-state index contributed by atoms with van der Waals surface area (Å²) in [6.07, 6.45) is 4.31. The van der Waals surface area contributed by atoms with Gasteiger partial charge < -0.3 is 10.2 Å². The summed E-state index contributed by atoms with van der Waals surface area (Å²) in [5.74, 6) is 1.85. The summed E-state index contributed by atoms with van der Waals surface area (Å²) < 4.78 is 0.0449. The van der Waals surface area contributed by atoms with E-state index in [9.17, 15) is 4.79 Å². The van der Waals surface area contributed by atoms with Gasteiger partial charge in [0.25, 0.3) is 0 Å². The van der Waals surface area contributed by atoms with E-state index in [4.69, 9.17) is 0 Å². The van der Waals surface area contributed by atoms with Gasteiger partial charge in [-0.25, -0.2) is 4.98 Å². The summed E-state index contributed by atoms with van der Waals surface area (Å²) in [6.45, 7) is 7.86. The topological polar surface area (TPSA) is 48.5 Å². The summed E-state index contributed by atoms with van der Waals surface area (Å²) >= 11 is 1.80. The number of hydrogen-bond acceptors (Lipinski definition) is 5. The number of aromatic nitrogens is 1. The van der Waals surface area contributed by atoms with Crippen molar-refractivity contribution in [3.8, 4) is 0 Å². The predicted molar refractivity (Wildman–Crippen MR) is 96.8 cm³/mol. The normalized spacial score (nSPS) is 21.0. The van der Waals surface area contributed by atoms with Crippen LogP contribution in [-0.4, -0.2) is 59.5 Å². The standard InChI is InChI=1S/C16H23IN4O/c17-16(22)14-1-2-15(19-11-14)21-9-7-20(8-10-21)12-13-3-5-18-6-4-13/h1-2,11,13,18H,3-10,12H2. The average Bonchev–Trinajstić information content (AvgIpc) is 2.57. The Hall–Kier alpha value is -0.730. The maximum atomic E-state index is 11.3. The number of hydrogen-bond donors (Lipinski definition) is 1. The number of piperazine rings is 1. The largest absolute Gasteiger partial charge is 0.354 e. The summed E-state index contributed by atoms with van der Waals surface area (Å²) in [7, 11) is 0. The quantitative estimate of drug-likeness (QED) is 0.602. The van der Waals surface area contributed by atoms with Crippen LogP contribution in [-0.2, 0) is 0 Å². The highest BCUT2D eigenvalue weighted by atomic mass is 127. The smallest absolute Gasteiger partial charge is 0.223 e. The van der Waals surface area contributed by atoms with Crippen LogP contribution in [0.5, 0.6) is 0 Å². The lowest BCUT2D eigenvalue weighted by atomic mass is 9.97. The van der Waals surface area contributed by atoms with Crippen molar-refractivity contribution in [2.75, 3.05) is 50.7 Å². The third kappa shape index (κ3) is 4.17. The van der Waals surface area contributed by atoms with Gasteiger partial charge in [0.1, 0.15) is 5.82 Å². The SMILES string of the molecule is O=C(I)c1ccc(N2CCN(CC3CCNCC3)CC2)nc1. The van der Waals surface area contributed by atoms with E-state index in [0.29, 0.717) is 5.56 Å². The predicted octanol–water partition coefficient (Wildman–Crippen LogP) is 1.78. The lowest BCUT2D eigenvalue weighted by Crippen LogP contribution is -2.48. The van der Waals surface area contributed by atoms with Gasteiger partial charge in [-0.1, -0.05) is 0 Å². The second-order valence-electron chi connectivity index (χ2n) is 6.16. The van der Waals surface area contributed by atoms with E-state index < -0.39 is 0 Å². The molecule has 0 saturated carbocycles. The van der Waals surface area contributed by atoms with Gasteiger partial charge in [0.15, 0.2) is 0 Å². The maximum Gasteiger partial charge on any atom is 0.223 e. The highest BCUT2D eigenvalue weighted by Gasteiger charge is 2.22. The summed E-state index contributed by atoms with van der Waals surface area (Å²) in [5, 5.41) is 3.43. The minimum atomic E-state index is 0.0449. The molecule has 0 bridgehead atoms. The second kappa shape index (κ2) is 7.70. The molecule has 2 saturated heterocycles. The van der Waals surface area contributed by atoms with Gasteiger partial charge in [0, 0.05) is 67.1 Å². The zero-order valence-electron chi connectivity index (χ0n) is 12.8. The maximum absolute atomic E-state index is 11.3. The van der Waals surface area contributed by atoms with Crippen LogP contribution in [0.3, 0.4) is 0 Å². The number of nitrogens with zero attached hydrogens (tertiary/aromatic N) is 3. The van der Waals surface area contributed by atoms with E-state index in [1.807, 2.05) is 12.1 Å². The van der Waals surface area contributed by atoms with Crippen LogP contribution >= 0.6 is 22.6 Å². The lowest BCUT2D eigenvalue weighted by molar-refractivity contribution is 0.110. The Balaban J connectivity index is 1.49. The molecule has 0 amide bonds. The summed E-state index contributed by atoms with van der Waals surface area (Å²) in [6, 6.07) is 3.84. The Kier molecular flexibility index (Phi) is 5.65. The van der Waals surface area contributed by atoms with Crippen LogP contribution in [0.25, 0.3) is 0 Å². The molecule has 2 aliphatic rings. The minimum absolute atomic E-state index is 0.0449. The van der Waals surface area contributed by atoms with Crippen LogP contribution in [0, 0.1) is 5.92 Å². The molecule has 120 valence electrons. The minimum Gasteiger partial charge on any atom is -0.354 e. The number of anilines is 1. The third-order valence-corrected chi connectivity index (χ3v) is 5.27. The number of rotatable bonds is 4. The number of carbonyl (C=O) groups is 1. The zero-order valence-corrected chi connectivity index (χ0v) is 15.0. The van der Waals surface area contributed by atoms with Gasteiger partial charge in [-0.05, 0) is 44.0 Å². The molecule has 1 aromatic rings. The van der Waals surface area contributed by atoms with Crippen molar-refractivity contribution in [1.29, 1.82) is 0 Å². The van der Waals surface area contributed by atoms with E-state index in [-0.39, 0.29) is 3.79 Å². The van der Waals surface area contributed by atoms with Crippen molar-refractivity contribution in [3.63, 3.8) is 0 Å². The summed E-state index contributed by atoms with van der Waals surface area (Å²) in [5.41, 5.74) is 0.675. The molecule has 5 nitrogen and oxygen atoms in total. The number of nitrogens with one attached hydrogen (secondary N) is 1. The van der Waals surface area contributed by atoms with Gasteiger partial charge in [-0.2, -0.15) is 0 Å². The van der Waals surface area contributed by atoms with Crippen molar-refractivity contribution in [2.24, 2.45) is 5.92 Å². The van der Waals surface area contributed by atoms with Crippen LogP contribution in [0.2, 0.25) is 0 Å². The zero-order chi connectivity index (χ0) is 15.4. The van der Waals surface area contributed by atoms with Crippen molar-refractivity contribution < 1.29 is 4.79 Å². The highest BCUT2D eigenvalue weighted by Crippen LogP contribution is 2.18. The van der Waals surface area contributed by atoms with Gasteiger partial charge in [0.05, 0.1) is 0 Å². The molecule has 0 atom stereocenters. The molecule has 3 rings (SSSR count). The average molecular weight is 414 g/mol. The van der Waals surface area contributed by atoms with Gasteiger partial charge in [-0.3, -0.25) is 9.69 Å². The molecule has 3 heterocycles. The first kappa shape index (κ1) is 16.1. The number of carbonyl (C=O) groups excluding carboxylic acids is 1. The molecule has 0 spiro atoms. The number of halogens is 1. The van der Waals surface area contributed by atoms with E-state index in [1.54, 1.807) is 28.8 Å². The molecule has 6 heteroatoms. The number of piperidine rings is 1. The fourth-order valence-corrected chi connectivity index (χ4v) is 3.60. The number of pyridine rings is 1. The Bertz CT molecular complexity index is 493. The van der Waals surface area contributed by atoms with E-state index >= 15 is 0 Å². The van der Waals surface area contributed by atoms with Gasteiger partial charge in [0.2, 0.25) is 3.79 Å². The fraction of sp³-hybridized carbons (Fsp3) is 0.625. The van der Waals surface area contributed by atoms with E-state index in [0.717, 1.165) is 37.9 Å². The molecule has 2 fully saturated rings. The highest BCUT2D eigenvalue weighted by molar-refractivity contribution is 14.1. The molecule has 0 aliphatic carbocycles. The molecule has 1 N–H and O–H groups in total. The van der Waals surface area contributed by atoms with Crippen molar-refractivity contribution in [2.45, 2.75) is 12.8 Å². The molecule has 2 aliphatic heterocycles. The van der Waals surface area contributed by atoms with Crippen molar-refractivity contribution in [1.82, 2.24) is 15.2 Å². The van der Waals surface area contributed by atoms with E-state index in [1.165, 1.54) is 32.5 Å². The first-order valence-electron chi connectivity index (χ1n) is 8.06. The van der Waals surface area contributed by atoms with Gasteiger partial charge in [-0.15, -0.1) is 0 Å². The molecular formula is C16H23IN4O. The van der Waals surface area contributed by atoms with Crippen LogP contribution in [0.1, 0.15) is 23.2 Å². The first-order valence-corrected chi connectivity index (χ1v) is 9.14. The van der Waals surface area contributed by atoms with Crippen molar-refractivity contribution >= 4 is 32.2 Å². The van der Waals surface area contributed by atoms with Crippen LogP contribution in [0.4, 0.5) is 5.82 Å².